The number of carbonyl (C=O) groups is 1. The molecule has 0 radical (unpaired) electrons. The summed E-state index contributed by atoms with van der Waals surface area (Å²) in [5, 5.41) is 21.2. The Kier molecular flexibility index (Phi) is 5.18. The molecule has 1 heterocycles. The lowest BCUT2D eigenvalue weighted by Crippen LogP contribution is -2.50. The molecule has 0 aromatic rings. The molecule has 1 aliphatic rings. The van der Waals surface area contributed by atoms with Crippen LogP contribution in [0.3, 0.4) is 0 Å². The van der Waals surface area contributed by atoms with E-state index >= 15 is 0 Å². The van der Waals surface area contributed by atoms with Crippen molar-refractivity contribution in [2.75, 3.05) is 6.61 Å². The predicted molar refractivity (Wildman–Crippen MR) is 58.6 cm³/mol. The van der Waals surface area contributed by atoms with E-state index in [1.54, 1.807) is 0 Å². The second-order valence-electron chi connectivity index (χ2n) is 4.68. The molecule has 1 amide bonds. The van der Waals surface area contributed by atoms with Crippen LogP contribution in [-0.2, 0) is 9.53 Å². The highest BCUT2D eigenvalue weighted by atomic mass is 16.6. The third-order valence-corrected chi connectivity index (χ3v) is 2.62. The summed E-state index contributed by atoms with van der Waals surface area (Å²) < 4.78 is 5.14. The Hall–Kier alpha value is -0.650. The van der Waals surface area contributed by atoms with Gasteiger partial charge in [0.1, 0.15) is 0 Å². The summed E-state index contributed by atoms with van der Waals surface area (Å²) in [6.07, 6.45) is 0.415. The number of nitrogens with one attached hydrogen (secondary N) is 1. The summed E-state index contributed by atoms with van der Waals surface area (Å²) in [7, 11) is 0. The van der Waals surface area contributed by atoms with Crippen molar-refractivity contribution < 1.29 is 19.7 Å². The van der Waals surface area contributed by atoms with E-state index in [1.165, 1.54) is 0 Å². The highest BCUT2D eigenvalue weighted by Gasteiger charge is 2.30. The molecule has 5 nitrogen and oxygen atoms in total. The van der Waals surface area contributed by atoms with Crippen molar-refractivity contribution in [3.63, 3.8) is 0 Å². The van der Waals surface area contributed by atoms with Crippen LogP contribution in [0.5, 0.6) is 0 Å². The molecular formula is C11H21NO4. The van der Waals surface area contributed by atoms with Gasteiger partial charge in [-0.2, -0.15) is 0 Å². The van der Waals surface area contributed by atoms with Gasteiger partial charge in [-0.05, 0) is 18.8 Å². The lowest BCUT2D eigenvalue weighted by atomic mass is 10.0. The number of aliphatic hydroxyl groups is 2. The fourth-order valence-corrected chi connectivity index (χ4v) is 1.78. The molecule has 16 heavy (non-hydrogen) atoms. The van der Waals surface area contributed by atoms with Crippen LogP contribution in [0.4, 0.5) is 0 Å². The van der Waals surface area contributed by atoms with E-state index in [2.05, 4.69) is 5.32 Å². The molecule has 1 fully saturated rings. The van der Waals surface area contributed by atoms with E-state index in [0.29, 0.717) is 25.2 Å². The Morgan fingerprint density at radius 1 is 1.50 bits per heavy atom. The van der Waals surface area contributed by atoms with Crippen molar-refractivity contribution >= 4 is 5.91 Å². The first kappa shape index (κ1) is 13.4. The molecule has 0 bridgehead atoms. The molecule has 1 rings (SSSR count). The summed E-state index contributed by atoms with van der Waals surface area (Å²) in [5.74, 6) is 0.233. The maximum atomic E-state index is 11.5. The number of ether oxygens (including phenoxy) is 1. The van der Waals surface area contributed by atoms with Gasteiger partial charge in [-0.3, -0.25) is 4.79 Å². The first-order chi connectivity index (χ1) is 7.52. The van der Waals surface area contributed by atoms with Gasteiger partial charge < -0.3 is 20.3 Å². The second-order valence-corrected chi connectivity index (χ2v) is 4.68. The SMILES string of the molecule is CC(C)CC(=O)N[C@H]1CCC(CO)OC1O. The molecule has 0 saturated carbocycles. The van der Waals surface area contributed by atoms with E-state index < -0.39 is 6.29 Å². The van der Waals surface area contributed by atoms with Crippen LogP contribution in [-0.4, -0.2) is 41.2 Å². The van der Waals surface area contributed by atoms with E-state index in [-0.39, 0.29) is 24.7 Å². The average molecular weight is 231 g/mol. The number of amides is 1. The average Bonchev–Trinajstić information content (AvgIpc) is 2.19. The van der Waals surface area contributed by atoms with Crippen LogP contribution in [0.15, 0.2) is 0 Å². The zero-order valence-corrected chi connectivity index (χ0v) is 9.85. The van der Waals surface area contributed by atoms with Crippen molar-refractivity contribution in [3.8, 4) is 0 Å². The third kappa shape index (κ3) is 4.08. The predicted octanol–water partition coefficient (Wildman–Crippen LogP) is 0.00700. The van der Waals surface area contributed by atoms with Crippen LogP contribution in [0.1, 0.15) is 33.1 Å². The van der Waals surface area contributed by atoms with Crippen LogP contribution < -0.4 is 5.32 Å². The molecule has 0 aromatic heterocycles. The van der Waals surface area contributed by atoms with Crippen molar-refractivity contribution in [2.24, 2.45) is 5.92 Å². The van der Waals surface area contributed by atoms with Gasteiger partial charge in [0.2, 0.25) is 5.91 Å². The fourth-order valence-electron chi connectivity index (χ4n) is 1.78. The number of hydrogen-bond acceptors (Lipinski definition) is 4. The molecule has 5 heteroatoms. The van der Waals surface area contributed by atoms with Crippen LogP contribution in [0.25, 0.3) is 0 Å². The van der Waals surface area contributed by atoms with Gasteiger partial charge in [-0.15, -0.1) is 0 Å². The third-order valence-electron chi connectivity index (χ3n) is 2.62. The minimum Gasteiger partial charge on any atom is -0.394 e. The maximum absolute atomic E-state index is 11.5. The maximum Gasteiger partial charge on any atom is 0.220 e. The van der Waals surface area contributed by atoms with Gasteiger partial charge in [0, 0.05) is 6.42 Å². The molecule has 1 saturated heterocycles. The Bertz CT molecular complexity index is 232. The monoisotopic (exact) mass is 231 g/mol. The van der Waals surface area contributed by atoms with Crippen molar-refractivity contribution in [2.45, 2.75) is 51.5 Å². The lowest BCUT2D eigenvalue weighted by Gasteiger charge is -2.33. The topological polar surface area (TPSA) is 78.8 Å². The van der Waals surface area contributed by atoms with Gasteiger partial charge in [0.05, 0.1) is 18.8 Å². The summed E-state index contributed by atoms with van der Waals surface area (Å²) in [6, 6.07) is -0.353. The lowest BCUT2D eigenvalue weighted by molar-refractivity contribution is -0.188. The molecular weight excluding hydrogens is 210 g/mol. The van der Waals surface area contributed by atoms with Crippen LogP contribution in [0, 0.1) is 5.92 Å². The molecule has 3 N–H and O–H groups in total. The number of carbonyl (C=O) groups excluding carboxylic acids is 1. The Balaban J connectivity index is 2.35. The molecule has 0 aromatic carbocycles. The van der Waals surface area contributed by atoms with Crippen LogP contribution in [0.2, 0.25) is 0 Å². The quantitative estimate of drug-likeness (QED) is 0.636. The van der Waals surface area contributed by atoms with Gasteiger partial charge in [0.25, 0.3) is 0 Å². The zero-order valence-electron chi connectivity index (χ0n) is 9.85. The Labute approximate surface area is 95.8 Å². The Morgan fingerprint density at radius 3 is 2.69 bits per heavy atom. The first-order valence-electron chi connectivity index (χ1n) is 5.76. The highest BCUT2D eigenvalue weighted by molar-refractivity contribution is 5.76. The molecule has 0 spiro atoms. The minimum atomic E-state index is -1.01. The van der Waals surface area contributed by atoms with Crippen molar-refractivity contribution in [3.05, 3.63) is 0 Å². The summed E-state index contributed by atoms with van der Waals surface area (Å²) in [6.45, 7) is 3.84. The number of rotatable bonds is 4. The summed E-state index contributed by atoms with van der Waals surface area (Å²) >= 11 is 0. The van der Waals surface area contributed by atoms with E-state index in [4.69, 9.17) is 9.84 Å². The molecule has 3 atom stereocenters. The largest absolute Gasteiger partial charge is 0.394 e. The number of hydrogen-bond donors (Lipinski definition) is 3. The van der Waals surface area contributed by atoms with Crippen molar-refractivity contribution in [1.82, 2.24) is 5.32 Å². The molecule has 1 aliphatic heterocycles. The minimum absolute atomic E-state index is 0.0647. The van der Waals surface area contributed by atoms with E-state index in [9.17, 15) is 9.90 Å². The zero-order chi connectivity index (χ0) is 12.1. The summed E-state index contributed by atoms with van der Waals surface area (Å²) in [5.41, 5.74) is 0. The highest BCUT2D eigenvalue weighted by Crippen LogP contribution is 2.18. The van der Waals surface area contributed by atoms with Gasteiger partial charge >= 0.3 is 0 Å². The van der Waals surface area contributed by atoms with Crippen LogP contribution >= 0.6 is 0 Å². The standard InChI is InChI=1S/C11H21NO4/c1-7(2)5-10(14)12-9-4-3-8(6-13)16-11(9)15/h7-9,11,13,15H,3-6H2,1-2H3,(H,12,14)/t8?,9-,11?/m0/s1. The summed E-state index contributed by atoms with van der Waals surface area (Å²) in [4.78, 5) is 11.5. The van der Waals surface area contributed by atoms with Gasteiger partial charge in [-0.25, -0.2) is 0 Å². The molecule has 2 unspecified atom stereocenters. The Morgan fingerprint density at radius 2 is 2.19 bits per heavy atom. The smallest absolute Gasteiger partial charge is 0.220 e. The van der Waals surface area contributed by atoms with Gasteiger partial charge in [0.15, 0.2) is 6.29 Å². The number of aliphatic hydroxyl groups excluding tert-OH is 2. The molecule has 94 valence electrons. The molecule has 0 aliphatic carbocycles. The van der Waals surface area contributed by atoms with Crippen molar-refractivity contribution in [1.29, 1.82) is 0 Å². The van der Waals surface area contributed by atoms with Gasteiger partial charge in [-0.1, -0.05) is 13.8 Å². The first-order valence-corrected chi connectivity index (χ1v) is 5.76. The fraction of sp³-hybridized carbons (Fsp3) is 0.909. The normalized spacial score (nSPS) is 30.4. The van der Waals surface area contributed by atoms with E-state index in [1.807, 2.05) is 13.8 Å². The van der Waals surface area contributed by atoms with E-state index in [0.717, 1.165) is 0 Å². The second kappa shape index (κ2) is 6.18.